The molecule has 4 nitrogen and oxygen atoms in total. The zero-order valence-electron chi connectivity index (χ0n) is 13.1. The molecule has 6 heteroatoms. The smallest absolute Gasteiger partial charge is 0.263 e. The monoisotopic (exact) mass is 358 g/mol. The summed E-state index contributed by atoms with van der Waals surface area (Å²) in [6.07, 6.45) is 0.891. The second kappa shape index (κ2) is 5.83. The van der Waals surface area contributed by atoms with Crippen molar-refractivity contribution in [2.75, 3.05) is 13.1 Å². The number of aryl methyl sites for hydroxylation is 1. The van der Waals surface area contributed by atoms with Gasteiger partial charge < -0.3 is 4.90 Å². The van der Waals surface area contributed by atoms with Gasteiger partial charge in [0.15, 0.2) is 0 Å². The van der Waals surface area contributed by atoms with Crippen LogP contribution in [0.2, 0.25) is 5.15 Å². The molecule has 1 aromatic carbocycles. The normalized spacial score (nSPS) is 15.4. The number of thiophene rings is 1. The predicted octanol–water partition coefficient (Wildman–Crippen LogP) is 4.22. The Hall–Kier alpha value is -1.98. The van der Waals surface area contributed by atoms with Crippen LogP contribution in [-0.2, 0) is 4.79 Å². The van der Waals surface area contributed by atoms with Gasteiger partial charge in [-0.3, -0.25) is 9.59 Å². The van der Waals surface area contributed by atoms with Crippen LogP contribution in [-0.4, -0.2) is 34.7 Å². The van der Waals surface area contributed by atoms with Crippen molar-refractivity contribution in [1.29, 1.82) is 0 Å². The maximum Gasteiger partial charge on any atom is 0.263 e. The summed E-state index contributed by atoms with van der Waals surface area (Å²) in [5.74, 6) is 0.199. The number of rotatable bonds is 1. The molecule has 2 aromatic heterocycles. The Bertz CT molecular complexity index is 986. The number of pyridine rings is 1. The van der Waals surface area contributed by atoms with Crippen LogP contribution >= 0.6 is 22.9 Å². The summed E-state index contributed by atoms with van der Waals surface area (Å²) < 4.78 is 0.991. The lowest BCUT2D eigenvalue weighted by Crippen LogP contribution is -2.38. The second-order valence-corrected chi connectivity index (χ2v) is 7.52. The molecule has 24 heavy (non-hydrogen) atoms. The van der Waals surface area contributed by atoms with Crippen molar-refractivity contribution >= 4 is 55.6 Å². The van der Waals surface area contributed by atoms with Crippen molar-refractivity contribution in [3.05, 3.63) is 39.9 Å². The molecule has 0 spiro atoms. The molecule has 1 amide bonds. The van der Waals surface area contributed by atoms with E-state index >= 15 is 0 Å². The molecule has 122 valence electrons. The van der Waals surface area contributed by atoms with E-state index in [1.54, 1.807) is 4.90 Å². The third kappa shape index (κ3) is 2.58. The molecule has 3 aromatic rings. The van der Waals surface area contributed by atoms with E-state index in [4.69, 9.17) is 11.6 Å². The standard InChI is InChI=1S/C18H15ClN2O2S/c1-10-2-3-14-12(8-10)16-13(17(19)20-14)9-15(24-16)18(23)21-6-4-11(22)5-7-21/h2-3,8-9H,4-7H2,1H3. The van der Waals surface area contributed by atoms with Gasteiger partial charge in [-0.05, 0) is 25.1 Å². The SMILES string of the molecule is Cc1ccc2nc(Cl)c3cc(C(=O)N4CCC(=O)CC4)sc3c2c1. The molecule has 1 aliphatic rings. The van der Waals surface area contributed by atoms with Crippen LogP contribution in [0.1, 0.15) is 28.1 Å². The van der Waals surface area contributed by atoms with E-state index in [1.165, 1.54) is 11.3 Å². The highest BCUT2D eigenvalue weighted by atomic mass is 35.5. The molecular weight excluding hydrogens is 344 g/mol. The van der Waals surface area contributed by atoms with Crippen LogP contribution < -0.4 is 0 Å². The molecule has 3 heterocycles. The first-order valence-corrected chi connectivity index (χ1v) is 9.03. The number of halogens is 1. The summed E-state index contributed by atoms with van der Waals surface area (Å²) in [6, 6.07) is 7.86. The molecule has 1 aliphatic heterocycles. The van der Waals surface area contributed by atoms with Gasteiger partial charge in [-0.1, -0.05) is 23.2 Å². The Morgan fingerprint density at radius 2 is 1.96 bits per heavy atom. The fourth-order valence-electron chi connectivity index (χ4n) is 3.06. The number of hydrogen-bond donors (Lipinski definition) is 0. The number of fused-ring (bicyclic) bond motifs is 3. The summed E-state index contributed by atoms with van der Waals surface area (Å²) in [4.78, 5) is 31.0. The fraction of sp³-hybridized carbons (Fsp3) is 0.278. The summed E-state index contributed by atoms with van der Waals surface area (Å²) in [5.41, 5.74) is 1.98. The van der Waals surface area contributed by atoms with E-state index in [0.29, 0.717) is 36.0 Å². The molecule has 0 bridgehead atoms. The van der Waals surface area contributed by atoms with E-state index in [-0.39, 0.29) is 11.7 Å². The quantitative estimate of drug-likeness (QED) is 0.612. The molecule has 0 aliphatic carbocycles. The first kappa shape index (κ1) is 15.5. The lowest BCUT2D eigenvalue weighted by Gasteiger charge is -2.25. The van der Waals surface area contributed by atoms with Crippen LogP contribution in [0.4, 0.5) is 0 Å². The number of hydrogen-bond acceptors (Lipinski definition) is 4. The van der Waals surface area contributed by atoms with Gasteiger partial charge in [-0.2, -0.15) is 0 Å². The molecule has 0 radical (unpaired) electrons. The van der Waals surface area contributed by atoms with E-state index in [0.717, 1.165) is 26.6 Å². The first-order valence-electron chi connectivity index (χ1n) is 7.83. The first-order chi connectivity index (χ1) is 11.5. The molecule has 4 rings (SSSR count). The second-order valence-electron chi connectivity index (χ2n) is 6.11. The van der Waals surface area contributed by atoms with E-state index in [2.05, 4.69) is 11.1 Å². The van der Waals surface area contributed by atoms with Crippen molar-refractivity contribution in [2.45, 2.75) is 19.8 Å². The lowest BCUT2D eigenvalue weighted by atomic mass is 10.1. The zero-order valence-corrected chi connectivity index (χ0v) is 14.7. The van der Waals surface area contributed by atoms with Gasteiger partial charge in [0, 0.05) is 41.4 Å². The Labute approximate surface area is 148 Å². The number of aromatic nitrogens is 1. The van der Waals surface area contributed by atoms with Crippen molar-refractivity contribution in [3.8, 4) is 0 Å². The largest absolute Gasteiger partial charge is 0.337 e. The van der Waals surface area contributed by atoms with Gasteiger partial charge in [0.2, 0.25) is 0 Å². The van der Waals surface area contributed by atoms with Crippen LogP contribution in [0.25, 0.3) is 21.0 Å². The minimum absolute atomic E-state index is 0.0273. The zero-order chi connectivity index (χ0) is 16.8. The predicted molar refractivity (Wildman–Crippen MR) is 97.0 cm³/mol. The van der Waals surface area contributed by atoms with Gasteiger partial charge in [-0.15, -0.1) is 11.3 Å². The highest BCUT2D eigenvalue weighted by Crippen LogP contribution is 2.36. The topological polar surface area (TPSA) is 50.3 Å². The lowest BCUT2D eigenvalue weighted by molar-refractivity contribution is -0.120. The Morgan fingerprint density at radius 1 is 1.21 bits per heavy atom. The van der Waals surface area contributed by atoms with Crippen LogP contribution in [0.5, 0.6) is 0 Å². The van der Waals surface area contributed by atoms with Gasteiger partial charge in [0.25, 0.3) is 5.91 Å². The number of carbonyl (C=O) groups excluding carboxylic acids is 2. The summed E-state index contributed by atoms with van der Waals surface area (Å²) in [5, 5.41) is 2.26. The van der Waals surface area contributed by atoms with Crippen molar-refractivity contribution in [2.24, 2.45) is 0 Å². The molecule has 1 saturated heterocycles. The Kier molecular flexibility index (Phi) is 3.77. The molecule has 0 saturated carbocycles. The number of Topliss-reactive ketones (excluding diaryl/α,β-unsaturated/α-hetero) is 1. The van der Waals surface area contributed by atoms with E-state index < -0.39 is 0 Å². The number of ketones is 1. The minimum Gasteiger partial charge on any atom is -0.337 e. The minimum atomic E-state index is -0.0273. The third-order valence-corrected chi connectivity index (χ3v) is 5.83. The van der Waals surface area contributed by atoms with Gasteiger partial charge in [0.05, 0.1) is 10.4 Å². The number of piperidine rings is 1. The fourth-order valence-corrected chi connectivity index (χ4v) is 4.51. The molecular formula is C18H15ClN2O2S. The molecule has 0 unspecified atom stereocenters. The van der Waals surface area contributed by atoms with Gasteiger partial charge >= 0.3 is 0 Å². The van der Waals surface area contributed by atoms with Crippen molar-refractivity contribution in [3.63, 3.8) is 0 Å². The maximum atomic E-state index is 12.8. The highest BCUT2D eigenvalue weighted by Gasteiger charge is 2.24. The molecule has 1 fully saturated rings. The van der Waals surface area contributed by atoms with Crippen LogP contribution in [0.3, 0.4) is 0 Å². The average Bonchev–Trinajstić information content (AvgIpc) is 3.02. The summed E-state index contributed by atoms with van der Waals surface area (Å²) in [6.45, 7) is 3.03. The number of carbonyl (C=O) groups is 2. The van der Waals surface area contributed by atoms with E-state index in [9.17, 15) is 9.59 Å². The Balaban J connectivity index is 1.81. The molecule has 0 atom stereocenters. The van der Waals surface area contributed by atoms with Gasteiger partial charge in [0.1, 0.15) is 10.9 Å². The van der Waals surface area contributed by atoms with Crippen molar-refractivity contribution < 1.29 is 9.59 Å². The summed E-state index contributed by atoms with van der Waals surface area (Å²) >= 11 is 7.78. The van der Waals surface area contributed by atoms with Gasteiger partial charge in [-0.25, -0.2) is 4.98 Å². The summed E-state index contributed by atoms with van der Waals surface area (Å²) in [7, 11) is 0. The Morgan fingerprint density at radius 3 is 2.71 bits per heavy atom. The molecule has 0 N–H and O–H groups in total. The van der Waals surface area contributed by atoms with Crippen LogP contribution in [0, 0.1) is 6.92 Å². The highest BCUT2D eigenvalue weighted by molar-refractivity contribution is 7.21. The number of likely N-dealkylation sites (tertiary alicyclic amines) is 1. The third-order valence-electron chi connectivity index (χ3n) is 4.39. The number of benzene rings is 1. The number of amides is 1. The maximum absolute atomic E-state index is 12.8. The average molecular weight is 359 g/mol. The van der Waals surface area contributed by atoms with Crippen molar-refractivity contribution in [1.82, 2.24) is 9.88 Å². The number of nitrogens with zero attached hydrogens (tertiary/aromatic N) is 2. The van der Waals surface area contributed by atoms with Crippen LogP contribution in [0.15, 0.2) is 24.3 Å². The van der Waals surface area contributed by atoms with E-state index in [1.807, 2.05) is 25.1 Å².